The molecule has 1 rings (SSSR count). The van der Waals surface area contributed by atoms with E-state index in [1.165, 1.54) is 11.6 Å². The van der Waals surface area contributed by atoms with Gasteiger partial charge in [-0.25, -0.2) is 9.18 Å². The number of aromatic nitrogens is 1. The van der Waals surface area contributed by atoms with E-state index in [2.05, 4.69) is 4.74 Å². The van der Waals surface area contributed by atoms with Gasteiger partial charge in [-0.3, -0.25) is 9.36 Å². The van der Waals surface area contributed by atoms with Gasteiger partial charge in [0.1, 0.15) is 0 Å². The van der Waals surface area contributed by atoms with E-state index in [0.717, 1.165) is 11.3 Å². The number of thiazole rings is 1. The topological polar surface area (TPSA) is 48.3 Å². The van der Waals surface area contributed by atoms with Crippen molar-refractivity contribution in [1.29, 1.82) is 0 Å². The number of carbonyl (C=O) groups excluding carboxylic acids is 1. The highest BCUT2D eigenvalue weighted by molar-refractivity contribution is 7.07. The molecule has 13 heavy (non-hydrogen) atoms. The van der Waals surface area contributed by atoms with Crippen molar-refractivity contribution in [2.45, 2.75) is 13.2 Å². The molecule has 0 aliphatic heterocycles. The van der Waals surface area contributed by atoms with Crippen LogP contribution >= 0.6 is 11.3 Å². The van der Waals surface area contributed by atoms with E-state index in [-0.39, 0.29) is 6.61 Å². The zero-order chi connectivity index (χ0) is 9.84. The minimum absolute atomic E-state index is 0.0954. The summed E-state index contributed by atoms with van der Waals surface area (Å²) in [5.74, 6) is -1.04. The van der Waals surface area contributed by atoms with Crippen LogP contribution in [0, 0.1) is 0 Å². The number of alkyl halides is 1. The molecule has 0 saturated heterocycles. The first-order chi connectivity index (χ1) is 6.16. The van der Waals surface area contributed by atoms with Gasteiger partial charge in [0.05, 0.1) is 6.61 Å². The molecule has 1 atom stereocenters. The molecule has 6 heteroatoms. The van der Waals surface area contributed by atoms with Crippen molar-refractivity contribution < 1.29 is 13.9 Å². The molecule has 0 aliphatic carbocycles. The van der Waals surface area contributed by atoms with E-state index in [4.69, 9.17) is 0 Å². The molecule has 0 saturated carbocycles. The Labute approximate surface area is 77.6 Å². The molecule has 1 unspecified atom stereocenters. The fraction of sp³-hybridized carbons (Fsp3) is 0.429. The highest BCUT2D eigenvalue weighted by Crippen LogP contribution is 2.08. The summed E-state index contributed by atoms with van der Waals surface area (Å²) >= 11 is 0.828. The van der Waals surface area contributed by atoms with E-state index in [1.807, 2.05) is 0 Å². The lowest BCUT2D eigenvalue weighted by Gasteiger charge is -2.06. The molecule has 72 valence electrons. The lowest BCUT2D eigenvalue weighted by molar-refractivity contribution is -0.152. The molecule has 0 spiro atoms. The molecular weight excluding hydrogens is 197 g/mol. The Bertz CT molecular complexity index is 346. The van der Waals surface area contributed by atoms with Crippen LogP contribution in [0.2, 0.25) is 0 Å². The predicted octanol–water partition coefficient (Wildman–Crippen LogP) is 0.941. The van der Waals surface area contributed by atoms with Crippen LogP contribution in [-0.2, 0) is 9.53 Å². The van der Waals surface area contributed by atoms with Gasteiger partial charge in [-0.05, 0) is 6.92 Å². The monoisotopic (exact) mass is 205 g/mol. The van der Waals surface area contributed by atoms with Crippen LogP contribution in [0.25, 0.3) is 0 Å². The van der Waals surface area contributed by atoms with E-state index in [9.17, 15) is 14.0 Å². The van der Waals surface area contributed by atoms with Crippen LogP contribution in [0.1, 0.15) is 13.2 Å². The van der Waals surface area contributed by atoms with E-state index in [1.54, 1.807) is 6.92 Å². The summed E-state index contributed by atoms with van der Waals surface area (Å²) in [7, 11) is 0. The van der Waals surface area contributed by atoms with E-state index in [0.29, 0.717) is 4.57 Å². The Hall–Kier alpha value is -1.17. The van der Waals surface area contributed by atoms with Gasteiger partial charge in [0, 0.05) is 11.6 Å². The van der Waals surface area contributed by atoms with Gasteiger partial charge in [0.2, 0.25) is 0 Å². The van der Waals surface area contributed by atoms with Crippen molar-refractivity contribution in [3.05, 3.63) is 21.2 Å². The molecule has 1 heterocycles. The molecule has 0 aromatic carbocycles. The summed E-state index contributed by atoms with van der Waals surface area (Å²) in [6.07, 6.45) is -0.812. The third kappa shape index (κ3) is 2.15. The Balaban J connectivity index is 2.79. The predicted molar refractivity (Wildman–Crippen MR) is 45.4 cm³/mol. The quantitative estimate of drug-likeness (QED) is 0.690. The minimum atomic E-state index is -2.03. The molecule has 1 aromatic heterocycles. The maximum atomic E-state index is 13.1. The summed E-state index contributed by atoms with van der Waals surface area (Å²) in [5, 5.41) is 1.41. The fourth-order valence-corrected chi connectivity index (χ4v) is 1.35. The first kappa shape index (κ1) is 9.91. The van der Waals surface area contributed by atoms with Gasteiger partial charge in [-0.15, -0.1) is 0 Å². The molecular formula is C7H8FNO3S. The molecule has 0 bridgehead atoms. The third-order valence-corrected chi connectivity index (χ3v) is 2.00. The van der Waals surface area contributed by atoms with Crippen molar-refractivity contribution in [1.82, 2.24) is 4.57 Å². The second-order valence-corrected chi connectivity index (χ2v) is 3.02. The number of hydrogen-bond acceptors (Lipinski definition) is 4. The second kappa shape index (κ2) is 4.18. The number of nitrogens with zero attached hydrogens (tertiary/aromatic N) is 1. The average Bonchev–Trinajstić information content (AvgIpc) is 2.50. The Kier molecular flexibility index (Phi) is 3.18. The second-order valence-electron chi connectivity index (χ2n) is 2.16. The van der Waals surface area contributed by atoms with Gasteiger partial charge in [-0.1, -0.05) is 11.3 Å². The largest absolute Gasteiger partial charge is 0.462 e. The number of esters is 1. The number of hydrogen-bond donors (Lipinski definition) is 0. The van der Waals surface area contributed by atoms with Crippen LogP contribution < -0.4 is 4.87 Å². The lowest BCUT2D eigenvalue weighted by Crippen LogP contribution is -2.24. The molecule has 4 nitrogen and oxygen atoms in total. The number of ether oxygens (including phenoxy) is 1. The van der Waals surface area contributed by atoms with Crippen LogP contribution in [0.3, 0.4) is 0 Å². The van der Waals surface area contributed by atoms with Gasteiger partial charge in [0.25, 0.3) is 6.30 Å². The normalized spacial score (nSPS) is 12.5. The van der Waals surface area contributed by atoms with Crippen molar-refractivity contribution in [3.63, 3.8) is 0 Å². The maximum Gasteiger partial charge on any atom is 0.362 e. The Morgan fingerprint density at radius 2 is 2.54 bits per heavy atom. The molecule has 0 fully saturated rings. The third-order valence-electron chi connectivity index (χ3n) is 1.33. The highest BCUT2D eigenvalue weighted by Gasteiger charge is 2.21. The van der Waals surface area contributed by atoms with Gasteiger partial charge < -0.3 is 4.74 Å². The SMILES string of the molecule is CCOC(=O)C(F)n1ccsc1=O. The van der Waals surface area contributed by atoms with Crippen LogP contribution in [0.4, 0.5) is 4.39 Å². The zero-order valence-electron chi connectivity index (χ0n) is 6.90. The zero-order valence-corrected chi connectivity index (χ0v) is 7.71. The maximum absolute atomic E-state index is 13.1. The minimum Gasteiger partial charge on any atom is -0.462 e. The summed E-state index contributed by atoms with van der Waals surface area (Å²) in [5.41, 5.74) is 0. The van der Waals surface area contributed by atoms with Crippen molar-refractivity contribution >= 4 is 17.3 Å². The van der Waals surface area contributed by atoms with Gasteiger partial charge >= 0.3 is 10.8 Å². The molecule has 1 aromatic rings. The number of halogens is 1. The summed E-state index contributed by atoms with van der Waals surface area (Å²) in [6, 6.07) is 0. The summed E-state index contributed by atoms with van der Waals surface area (Å²) < 4.78 is 18.2. The van der Waals surface area contributed by atoms with Crippen LogP contribution in [-0.4, -0.2) is 17.1 Å². The van der Waals surface area contributed by atoms with Crippen molar-refractivity contribution in [2.24, 2.45) is 0 Å². The highest BCUT2D eigenvalue weighted by atomic mass is 32.1. The van der Waals surface area contributed by atoms with Crippen molar-refractivity contribution in [2.75, 3.05) is 6.61 Å². The number of rotatable bonds is 3. The summed E-state index contributed by atoms with van der Waals surface area (Å²) in [4.78, 5) is 21.2. The van der Waals surface area contributed by atoms with Crippen LogP contribution in [0.5, 0.6) is 0 Å². The molecule has 0 N–H and O–H groups in total. The van der Waals surface area contributed by atoms with E-state index < -0.39 is 17.1 Å². The van der Waals surface area contributed by atoms with Crippen LogP contribution in [0.15, 0.2) is 16.4 Å². The molecule has 0 aliphatic rings. The number of carbonyl (C=O) groups is 1. The molecule has 0 radical (unpaired) electrons. The molecule has 0 amide bonds. The Morgan fingerprint density at radius 1 is 1.85 bits per heavy atom. The first-order valence-electron chi connectivity index (χ1n) is 3.63. The Morgan fingerprint density at radius 3 is 3.00 bits per heavy atom. The first-order valence-corrected chi connectivity index (χ1v) is 4.51. The fourth-order valence-electron chi connectivity index (χ4n) is 0.769. The van der Waals surface area contributed by atoms with Crippen molar-refractivity contribution in [3.8, 4) is 0 Å². The van der Waals surface area contributed by atoms with E-state index >= 15 is 0 Å². The van der Waals surface area contributed by atoms with Gasteiger partial charge in [0.15, 0.2) is 0 Å². The van der Waals surface area contributed by atoms with Gasteiger partial charge in [-0.2, -0.15) is 0 Å². The standard InChI is InChI=1S/C7H8FNO3S/c1-2-12-6(10)5(8)9-3-4-13-7(9)11/h3-5H,2H2,1H3. The average molecular weight is 205 g/mol. The summed E-state index contributed by atoms with van der Waals surface area (Å²) in [6.45, 7) is 1.67. The lowest BCUT2D eigenvalue weighted by atomic mass is 10.6. The smallest absolute Gasteiger partial charge is 0.362 e.